The highest BCUT2D eigenvalue weighted by Crippen LogP contribution is 2.52. The van der Waals surface area contributed by atoms with Crippen LogP contribution < -0.4 is 15.8 Å². The van der Waals surface area contributed by atoms with Gasteiger partial charge in [-0.3, -0.25) is 9.36 Å². The Morgan fingerprint density at radius 1 is 1.10 bits per heavy atom. The number of aromatic nitrogens is 4. The number of anilines is 1. The second-order valence-corrected chi connectivity index (χ2v) is 13.2. The molecule has 4 aromatic rings. The topological polar surface area (TPSA) is 94.3 Å². The summed E-state index contributed by atoms with van der Waals surface area (Å²) in [5, 5.41) is 8.45. The van der Waals surface area contributed by atoms with E-state index in [1.54, 1.807) is 11.6 Å². The van der Waals surface area contributed by atoms with E-state index in [0.717, 1.165) is 43.5 Å². The lowest BCUT2D eigenvalue weighted by Gasteiger charge is -2.44. The molecule has 0 bridgehead atoms. The van der Waals surface area contributed by atoms with Gasteiger partial charge >= 0.3 is 6.09 Å². The van der Waals surface area contributed by atoms with Gasteiger partial charge in [0.05, 0.1) is 12.6 Å². The Bertz CT molecular complexity index is 1670. The van der Waals surface area contributed by atoms with Crippen molar-refractivity contribution in [3.05, 3.63) is 85.3 Å². The third-order valence-corrected chi connectivity index (χ3v) is 9.06. The van der Waals surface area contributed by atoms with Crippen LogP contribution in [0.15, 0.2) is 59.4 Å². The van der Waals surface area contributed by atoms with Crippen molar-refractivity contribution in [1.29, 1.82) is 0 Å². The number of nitrogens with zero attached hydrogens (tertiary/aromatic N) is 5. The first-order chi connectivity index (χ1) is 19.5. The Balaban J connectivity index is 1.29. The number of hydrogen-bond acceptors (Lipinski definition) is 6. The average Bonchev–Trinajstić information content (AvgIpc) is 3.39. The van der Waals surface area contributed by atoms with Crippen molar-refractivity contribution in [2.45, 2.75) is 58.2 Å². The largest absolute Gasteiger partial charge is 0.444 e. The van der Waals surface area contributed by atoms with Crippen molar-refractivity contribution in [1.82, 2.24) is 24.6 Å². The number of alkyl carbamates (subject to hydrolysis) is 1. The van der Waals surface area contributed by atoms with Gasteiger partial charge in [0.15, 0.2) is 5.65 Å². The van der Waals surface area contributed by atoms with Gasteiger partial charge in [-0.25, -0.2) is 9.48 Å². The molecule has 0 unspecified atom stereocenters. The smallest absolute Gasteiger partial charge is 0.408 e. The van der Waals surface area contributed by atoms with Crippen molar-refractivity contribution in [3.8, 4) is 0 Å². The van der Waals surface area contributed by atoms with Crippen LogP contribution in [0.5, 0.6) is 0 Å². The van der Waals surface area contributed by atoms with Crippen LogP contribution in [0.3, 0.4) is 0 Å². The Kier molecular flexibility index (Phi) is 7.07. The molecule has 2 aliphatic rings. The molecule has 0 radical (unpaired) electrons. The summed E-state index contributed by atoms with van der Waals surface area (Å²) in [5.74, 6) is 0.648. The van der Waals surface area contributed by atoms with E-state index in [2.05, 4.69) is 56.1 Å². The van der Waals surface area contributed by atoms with Crippen LogP contribution in [0.1, 0.15) is 56.3 Å². The quantitative estimate of drug-likeness (QED) is 0.302. The Morgan fingerprint density at radius 2 is 1.78 bits per heavy atom. The molecule has 10 heteroatoms. The van der Waals surface area contributed by atoms with Gasteiger partial charge in [-0.05, 0) is 79.3 Å². The van der Waals surface area contributed by atoms with Crippen LogP contribution >= 0.6 is 22.6 Å². The van der Waals surface area contributed by atoms with Gasteiger partial charge in [0.2, 0.25) is 5.95 Å². The second kappa shape index (κ2) is 10.5. The molecular formula is C31H35IN6O3. The predicted octanol–water partition coefficient (Wildman–Crippen LogP) is 5.19. The van der Waals surface area contributed by atoms with Crippen molar-refractivity contribution in [2.24, 2.45) is 12.5 Å². The highest BCUT2D eigenvalue weighted by molar-refractivity contribution is 14.1. The maximum atomic E-state index is 13.5. The first-order valence-electron chi connectivity index (χ1n) is 14.0. The van der Waals surface area contributed by atoms with Crippen LogP contribution in [-0.2, 0) is 24.8 Å². The van der Waals surface area contributed by atoms with Crippen LogP contribution in [0.25, 0.3) is 11.0 Å². The summed E-state index contributed by atoms with van der Waals surface area (Å²) in [7, 11) is 1.79. The van der Waals surface area contributed by atoms with Crippen molar-refractivity contribution < 1.29 is 9.53 Å². The third-order valence-electron chi connectivity index (χ3n) is 8.31. The van der Waals surface area contributed by atoms with Crippen LogP contribution in [0.4, 0.5) is 10.7 Å². The van der Waals surface area contributed by atoms with Crippen molar-refractivity contribution in [3.63, 3.8) is 0 Å². The van der Waals surface area contributed by atoms with Gasteiger partial charge < -0.3 is 15.0 Å². The number of carbonyl (C=O) groups is 1. The molecule has 1 N–H and O–H groups in total. The van der Waals surface area contributed by atoms with Gasteiger partial charge in [-0.15, -0.1) is 0 Å². The Morgan fingerprint density at radius 3 is 2.49 bits per heavy atom. The fraction of sp³-hybridized carbons (Fsp3) is 0.419. The summed E-state index contributed by atoms with van der Waals surface area (Å²) in [6, 6.07) is 18.3. The normalized spacial score (nSPS) is 18.1. The van der Waals surface area contributed by atoms with E-state index in [9.17, 15) is 9.59 Å². The second-order valence-electron chi connectivity index (χ2n) is 12.2. The first kappa shape index (κ1) is 27.7. The molecule has 1 aliphatic heterocycles. The molecule has 41 heavy (non-hydrogen) atoms. The minimum Gasteiger partial charge on any atom is -0.444 e. The maximum Gasteiger partial charge on any atom is 0.408 e. The summed E-state index contributed by atoms with van der Waals surface area (Å²) in [5.41, 5.74) is 3.35. The number of rotatable bonds is 4. The molecule has 2 aromatic carbocycles. The van der Waals surface area contributed by atoms with Gasteiger partial charge in [0, 0.05) is 25.6 Å². The molecule has 1 atom stereocenters. The number of carbonyl (C=O) groups excluding carboxylic acids is 1. The van der Waals surface area contributed by atoms with Gasteiger partial charge in [0.25, 0.3) is 5.56 Å². The number of piperidine rings is 1. The summed E-state index contributed by atoms with van der Waals surface area (Å²) < 4.78 is 9.79. The number of ether oxygens (including phenoxy) is 1. The zero-order valence-corrected chi connectivity index (χ0v) is 26.0. The zero-order chi connectivity index (χ0) is 28.9. The van der Waals surface area contributed by atoms with E-state index in [-0.39, 0.29) is 17.0 Å². The highest BCUT2D eigenvalue weighted by Gasteiger charge is 2.49. The predicted molar refractivity (Wildman–Crippen MR) is 167 cm³/mol. The Hall–Kier alpha value is -3.41. The van der Waals surface area contributed by atoms with Gasteiger partial charge in [-0.2, -0.15) is 10.1 Å². The molecule has 0 saturated carbocycles. The Labute approximate surface area is 253 Å². The van der Waals surface area contributed by atoms with Crippen molar-refractivity contribution in [2.75, 3.05) is 18.0 Å². The minimum atomic E-state index is -0.571. The summed E-state index contributed by atoms with van der Waals surface area (Å²) in [6.07, 6.45) is 2.19. The maximum absolute atomic E-state index is 13.5. The molecule has 3 heterocycles. The van der Waals surface area contributed by atoms with E-state index in [1.165, 1.54) is 5.56 Å². The number of benzene rings is 2. The molecule has 1 saturated heterocycles. The van der Waals surface area contributed by atoms with E-state index < -0.39 is 11.7 Å². The SMILES string of the molecule is Cn1c(N2CCC3(CC2)Cc2ccccc2[C@H]3NC(=O)OC(C)(C)C)nc2c(c(I)nn2Cc2ccccc2)c1=O. The zero-order valence-electron chi connectivity index (χ0n) is 23.9. The molecule has 6 rings (SSSR count). The monoisotopic (exact) mass is 666 g/mol. The molecule has 1 aliphatic carbocycles. The summed E-state index contributed by atoms with van der Waals surface area (Å²) in [6.45, 7) is 7.62. The van der Waals surface area contributed by atoms with Gasteiger partial charge in [-0.1, -0.05) is 54.6 Å². The van der Waals surface area contributed by atoms with E-state index in [4.69, 9.17) is 9.72 Å². The molecule has 1 spiro atoms. The van der Waals surface area contributed by atoms with Crippen LogP contribution in [-0.4, -0.2) is 44.1 Å². The number of amides is 1. The highest BCUT2D eigenvalue weighted by atomic mass is 127. The number of nitrogens with one attached hydrogen (secondary N) is 1. The summed E-state index contributed by atoms with van der Waals surface area (Å²) in [4.78, 5) is 33.7. The summed E-state index contributed by atoms with van der Waals surface area (Å²) >= 11 is 2.13. The molecule has 1 fully saturated rings. The average molecular weight is 667 g/mol. The number of fused-ring (bicyclic) bond motifs is 2. The van der Waals surface area contributed by atoms with Crippen molar-refractivity contribution >= 4 is 45.7 Å². The lowest BCUT2D eigenvalue weighted by Crippen LogP contribution is -2.48. The van der Waals surface area contributed by atoms with E-state index in [1.807, 2.05) is 61.9 Å². The molecule has 9 nitrogen and oxygen atoms in total. The molecular weight excluding hydrogens is 631 g/mol. The fourth-order valence-electron chi connectivity index (χ4n) is 6.36. The molecule has 214 valence electrons. The molecule has 2 aromatic heterocycles. The third kappa shape index (κ3) is 5.22. The number of hydrogen-bond donors (Lipinski definition) is 1. The minimum absolute atomic E-state index is 0.0910. The van der Waals surface area contributed by atoms with Crippen LogP contribution in [0, 0.1) is 9.12 Å². The van der Waals surface area contributed by atoms with E-state index in [0.29, 0.717) is 27.2 Å². The lowest BCUT2D eigenvalue weighted by atomic mass is 9.73. The standard InChI is InChI=1S/C31H35IN6O3/c1-30(2,3)41-29(40)33-24-22-13-9-8-12-21(22)18-31(24)14-16-37(17-15-31)28-34-26-23(27(39)36(28)4)25(32)35-38(26)19-20-10-6-5-7-11-20/h5-13,24H,14-19H2,1-4H3,(H,33,40)/t24-/m1/s1. The lowest BCUT2D eigenvalue weighted by molar-refractivity contribution is 0.0427. The molecule has 1 amide bonds. The van der Waals surface area contributed by atoms with Crippen LogP contribution in [0.2, 0.25) is 0 Å². The fourth-order valence-corrected chi connectivity index (χ4v) is 7.09. The number of halogens is 1. The van der Waals surface area contributed by atoms with Gasteiger partial charge in [0.1, 0.15) is 14.7 Å². The van der Waals surface area contributed by atoms with E-state index >= 15 is 0 Å². The first-order valence-corrected chi connectivity index (χ1v) is 15.1.